The van der Waals surface area contributed by atoms with Crippen LogP contribution in [0.3, 0.4) is 0 Å². The van der Waals surface area contributed by atoms with E-state index in [1.807, 2.05) is 0 Å². The fourth-order valence-corrected chi connectivity index (χ4v) is 3.67. The lowest BCUT2D eigenvalue weighted by Gasteiger charge is -2.19. The number of fused-ring (bicyclic) bond motifs is 1. The fourth-order valence-electron chi connectivity index (χ4n) is 3.67. The summed E-state index contributed by atoms with van der Waals surface area (Å²) in [6.07, 6.45) is 2.49. The molecule has 7 nitrogen and oxygen atoms in total. The molecule has 3 atom stereocenters. The van der Waals surface area contributed by atoms with Crippen LogP contribution in [-0.2, 0) is 14.3 Å². The van der Waals surface area contributed by atoms with Crippen molar-refractivity contribution in [1.29, 1.82) is 0 Å². The number of nitrogens with zero attached hydrogens (tertiary/aromatic N) is 1. The summed E-state index contributed by atoms with van der Waals surface area (Å²) >= 11 is 0. The third kappa shape index (κ3) is 3.72. The van der Waals surface area contributed by atoms with Crippen molar-refractivity contribution in [2.75, 3.05) is 20.3 Å². The molecule has 0 bridgehead atoms. The summed E-state index contributed by atoms with van der Waals surface area (Å²) in [6, 6.07) is 6.32. The fraction of sp³-hybridized carbons (Fsp3) is 0.526. The Morgan fingerprint density at radius 3 is 2.27 bits per heavy atom. The Hall–Kier alpha value is -2.41. The lowest BCUT2D eigenvalue weighted by Crippen LogP contribution is -2.40. The average molecular weight is 361 g/mol. The molecule has 3 unspecified atom stereocenters. The summed E-state index contributed by atoms with van der Waals surface area (Å²) in [4.78, 5) is 37.4. The van der Waals surface area contributed by atoms with Gasteiger partial charge in [0.2, 0.25) is 11.8 Å². The summed E-state index contributed by atoms with van der Waals surface area (Å²) in [7, 11) is 1.31. The van der Waals surface area contributed by atoms with Crippen LogP contribution in [-0.4, -0.2) is 54.2 Å². The van der Waals surface area contributed by atoms with Gasteiger partial charge in [-0.2, -0.15) is 0 Å². The van der Waals surface area contributed by atoms with Crippen LogP contribution in [0.15, 0.2) is 24.3 Å². The number of methoxy groups -OCH3 is 1. The highest BCUT2D eigenvalue weighted by Gasteiger charge is 2.48. The Labute approximate surface area is 151 Å². The molecule has 2 fully saturated rings. The molecule has 1 aromatic rings. The number of aliphatic hydroxyl groups is 1. The quantitative estimate of drug-likeness (QED) is 0.608. The largest absolute Gasteiger partial charge is 0.491 e. The van der Waals surface area contributed by atoms with Gasteiger partial charge in [0.05, 0.1) is 31.1 Å². The Kier molecular flexibility index (Phi) is 5.56. The van der Waals surface area contributed by atoms with E-state index < -0.39 is 12.1 Å². The number of β-amino-alcohol motifs (C(OH)–C–C–N with tert-alkyl or cyclic N) is 1. The second kappa shape index (κ2) is 7.86. The highest BCUT2D eigenvalue weighted by atomic mass is 16.5. The number of likely N-dealkylation sites (tertiary alicyclic amines) is 1. The van der Waals surface area contributed by atoms with Crippen LogP contribution in [0.2, 0.25) is 0 Å². The van der Waals surface area contributed by atoms with E-state index in [-0.39, 0.29) is 36.8 Å². The summed E-state index contributed by atoms with van der Waals surface area (Å²) in [5, 5.41) is 10.2. The smallest absolute Gasteiger partial charge is 0.337 e. The first kappa shape index (κ1) is 18.4. The van der Waals surface area contributed by atoms with Gasteiger partial charge < -0.3 is 14.6 Å². The number of hydrogen-bond donors (Lipinski definition) is 1. The number of esters is 1. The summed E-state index contributed by atoms with van der Waals surface area (Å²) in [5.74, 6) is -0.721. The van der Waals surface area contributed by atoms with E-state index in [2.05, 4.69) is 4.74 Å². The van der Waals surface area contributed by atoms with Gasteiger partial charge in [-0.3, -0.25) is 14.5 Å². The molecule has 1 saturated carbocycles. The van der Waals surface area contributed by atoms with Gasteiger partial charge in [0.1, 0.15) is 18.5 Å². The van der Waals surface area contributed by atoms with Gasteiger partial charge in [0.15, 0.2) is 0 Å². The SMILES string of the molecule is COC(=O)c1ccc(OCC(O)CN2C(=O)C3CCCCC3C2=O)cc1. The highest BCUT2D eigenvalue weighted by Crippen LogP contribution is 2.37. The summed E-state index contributed by atoms with van der Waals surface area (Å²) in [6.45, 7) is -0.102. The standard InChI is InChI=1S/C19H23NO6/c1-25-19(24)12-6-8-14(9-7-12)26-11-13(21)10-20-17(22)15-4-2-3-5-16(15)18(20)23/h6-9,13,15-16,21H,2-5,10-11H2,1H3. The van der Waals surface area contributed by atoms with Crippen LogP contribution in [0.5, 0.6) is 5.75 Å². The van der Waals surface area contributed by atoms with E-state index in [0.29, 0.717) is 11.3 Å². The van der Waals surface area contributed by atoms with Crippen LogP contribution in [0.4, 0.5) is 0 Å². The number of hydrogen-bond acceptors (Lipinski definition) is 6. The van der Waals surface area contributed by atoms with Crippen LogP contribution in [0, 0.1) is 11.8 Å². The lowest BCUT2D eigenvalue weighted by atomic mass is 9.81. The first-order valence-electron chi connectivity index (χ1n) is 8.85. The van der Waals surface area contributed by atoms with Gasteiger partial charge in [-0.05, 0) is 37.1 Å². The second-order valence-corrected chi connectivity index (χ2v) is 6.77. The predicted molar refractivity (Wildman–Crippen MR) is 91.5 cm³/mol. The Morgan fingerprint density at radius 1 is 1.15 bits per heavy atom. The number of carbonyl (C=O) groups excluding carboxylic acids is 3. The van der Waals surface area contributed by atoms with Crippen molar-refractivity contribution in [3.8, 4) is 5.75 Å². The first-order valence-corrected chi connectivity index (χ1v) is 8.85. The van der Waals surface area contributed by atoms with Gasteiger partial charge in [-0.25, -0.2) is 4.79 Å². The minimum absolute atomic E-state index is 0.0507. The molecule has 1 heterocycles. The second-order valence-electron chi connectivity index (χ2n) is 6.77. The monoisotopic (exact) mass is 361 g/mol. The van der Waals surface area contributed by atoms with Gasteiger partial charge in [0.25, 0.3) is 0 Å². The lowest BCUT2D eigenvalue weighted by molar-refractivity contribution is -0.141. The van der Waals surface area contributed by atoms with E-state index in [4.69, 9.17) is 4.74 Å². The van der Waals surface area contributed by atoms with Crippen molar-refractivity contribution in [3.63, 3.8) is 0 Å². The number of amides is 2. The maximum absolute atomic E-state index is 12.4. The van der Waals surface area contributed by atoms with Crippen molar-refractivity contribution in [2.24, 2.45) is 11.8 Å². The summed E-state index contributed by atoms with van der Waals surface area (Å²) < 4.78 is 10.1. The van der Waals surface area contributed by atoms with E-state index >= 15 is 0 Å². The number of carbonyl (C=O) groups is 3. The number of aliphatic hydroxyl groups excluding tert-OH is 1. The molecule has 0 aromatic heterocycles. The number of imide groups is 1. The first-order chi connectivity index (χ1) is 12.5. The molecule has 3 rings (SSSR count). The minimum atomic E-state index is -0.969. The Bertz CT molecular complexity index is 662. The number of ether oxygens (including phenoxy) is 2. The molecule has 1 N–H and O–H groups in total. The molecule has 26 heavy (non-hydrogen) atoms. The zero-order valence-electron chi connectivity index (χ0n) is 14.7. The van der Waals surface area contributed by atoms with E-state index in [1.54, 1.807) is 24.3 Å². The highest BCUT2D eigenvalue weighted by molar-refractivity contribution is 6.05. The summed E-state index contributed by atoms with van der Waals surface area (Å²) in [5.41, 5.74) is 0.399. The van der Waals surface area contributed by atoms with E-state index in [9.17, 15) is 19.5 Å². The van der Waals surface area contributed by atoms with Crippen molar-refractivity contribution in [1.82, 2.24) is 4.90 Å². The molecule has 1 aliphatic carbocycles. The number of rotatable bonds is 6. The van der Waals surface area contributed by atoms with Crippen molar-refractivity contribution in [2.45, 2.75) is 31.8 Å². The Balaban J connectivity index is 1.52. The molecule has 140 valence electrons. The topological polar surface area (TPSA) is 93.1 Å². The van der Waals surface area contributed by atoms with Gasteiger partial charge >= 0.3 is 5.97 Å². The van der Waals surface area contributed by atoms with E-state index in [1.165, 1.54) is 12.0 Å². The molecular weight excluding hydrogens is 338 g/mol. The van der Waals surface area contributed by atoms with Gasteiger partial charge in [0, 0.05) is 0 Å². The maximum Gasteiger partial charge on any atom is 0.337 e. The maximum atomic E-state index is 12.4. The minimum Gasteiger partial charge on any atom is -0.491 e. The third-order valence-corrected chi connectivity index (χ3v) is 5.04. The van der Waals surface area contributed by atoms with E-state index in [0.717, 1.165) is 25.7 Å². The molecule has 1 aromatic carbocycles. The normalized spacial score (nSPS) is 23.5. The molecule has 0 spiro atoms. The zero-order valence-corrected chi connectivity index (χ0v) is 14.7. The van der Waals surface area contributed by atoms with Crippen molar-refractivity contribution >= 4 is 17.8 Å². The van der Waals surface area contributed by atoms with Crippen LogP contribution in [0.25, 0.3) is 0 Å². The van der Waals surface area contributed by atoms with Crippen LogP contribution < -0.4 is 4.74 Å². The molecule has 0 radical (unpaired) electrons. The van der Waals surface area contributed by atoms with Crippen molar-refractivity contribution in [3.05, 3.63) is 29.8 Å². The third-order valence-electron chi connectivity index (χ3n) is 5.04. The molecule has 1 saturated heterocycles. The Morgan fingerprint density at radius 2 is 1.73 bits per heavy atom. The zero-order chi connectivity index (χ0) is 18.7. The predicted octanol–water partition coefficient (Wildman–Crippen LogP) is 1.39. The molecule has 7 heteroatoms. The van der Waals surface area contributed by atoms with Crippen LogP contribution in [0.1, 0.15) is 36.0 Å². The van der Waals surface area contributed by atoms with Crippen molar-refractivity contribution < 1.29 is 29.0 Å². The number of benzene rings is 1. The molecule has 2 amide bonds. The molecule has 2 aliphatic rings. The molecular formula is C19H23NO6. The van der Waals surface area contributed by atoms with Gasteiger partial charge in [-0.15, -0.1) is 0 Å². The van der Waals surface area contributed by atoms with Gasteiger partial charge in [-0.1, -0.05) is 12.8 Å². The van der Waals surface area contributed by atoms with Crippen LogP contribution >= 0.6 is 0 Å². The molecule has 1 aliphatic heterocycles. The average Bonchev–Trinajstić information content (AvgIpc) is 2.91.